The van der Waals surface area contributed by atoms with Crippen molar-refractivity contribution in [2.75, 3.05) is 0 Å². The monoisotopic (exact) mass is 384 g/mol. The van der Waals surface area contributed by atoms with Gasteiger partial charge in [-0.2, -0.15) is 10.2 Å². The van der Waals surface area contributed by atoms with E-state index in [9.17, 15) is 0 Å². The molecule has 140 valence electrons. The van der Waals surface area contributed by atoms with Crippen molar-refractivity contribution in [3.8, 4) is 22.4 Å². The molecule has 6 aromatic rings. The second kappa shape index (κ2) is 6.71. The summed E-state index contributed by atoms with van der Waals surface area (Å²) < 4.78 is 0. The number of hydrogen-bond donors (Lipinski definition) is 0. The van der Waals surface area contributed by atoms with Gasteiger partial charge in [-0.3, -0.25) is 9.97 Å². The lowest BCUT2D eigenvalue weighted by atomic mass is 10.0. The predicted molar refractivity (Wildman–Crippen MR) is 121 cm³/mol. The van der Waals surface area contributed by atoms with E-state index in [0.717, 1.165) is 55.0 Å². The Hall–Kier alpha value is -4.18. The van der Waals surface area contributed by atoms with Crippen LogP contribution in [0.15, 0.2) is 97.5 Å². The average Bonchev–Trinajstić information content (AvgIpc) is 2.82. The van der Waals surface area contributed by atoms with Crippen molar-refractivity contribution in [1.29, 1.82) is 0 Å². The first kappa shape index (κ1) is 16.7. The number of nitrogens with zero attached hydrogens (tertiary/aromatic N) is 4. The van der Waals surface area contributed by atoms with Gasteiger partial charge in [0.1, 0.15) is 0 Å². The van der Waals surface area contributed by atoms with E-state index in [1.54, 1.807) is 6.20 Å². The molecular formula is C26H16N4. The number of pyridine rings is 2. The van der Waals surface area contributed by atoms with Crippen LogP contribution >= 0.6 is 0 Å². The number of aromatic nitrogens is 4. The zero-order valence-electron chi connectivity index (χ0n) is 16.0. The molecule has 0 amide bonds. The molecule has 4 heteroatoms. The summed E-state index contributed by atoms with van der Waals surface area (Å²) in [7, 11) is 0. The van der Waals surface area contributed by atoms with E-state index in [0.29, 0.717) is 0 Å². The van der Waals surface area contributed by atoms with Crippen LogP contribution in [-0.2, 0) is 0 Å². The van der Waals surface area contributed by atoms with Crippen LogP contribution in [0.2, 0.25) is 0 Å². The minimum Gasteiger partial charge on any atom is -0.256 e. The molecule has 0 fully saturated rings. The van der Waals surface area contributed by atoms with E-state index < -0.39 is 0 Å². The lowest BCUT2D eigenvalue weighted by Gasteiger charge is -2.08. The van der Waals surface area contributed by atoms with Crippen molar-refractivity contribution >= 4 is 32.6 Å². The van der Waals surface area contributed by atoms with Crippen LogP contribution < -0.4 is 0 Å². The van der Waals surface area contributed by atoms with E-state index >= 15 is 0 Å². The van der Waals surface area contributed by atoms with E-state index in [1.165, 1.54) is 0 Å². The summed E-state index contributed by atoms with van der Waals surface area (Å²) in [4.78, 5) is 9.29. The van der Waals surface area contributed by atoms with Crippen molar-refractivity contribution in [2.24, 2.45) is 0 Å². The Labute approximate surface area is 172 Å². The summed E-state index contributed by atoms with van der Waals surface area (Å²) >= 11 is 0. The fourth-order valence-electron chi connectivity index (χ4n) is 3.85. The molecule has 0 bridgehead atoms. The summed E-state index contributed by atoms with van der Waals surface area (Å²) in [5.41, 5.74) is 6.15. The molecule has 0 spiro atoms. The van der Waals surface area contributed by atoms with Crippen molar-refractivity contribution in [1.82, 2.24) is 20.2 Å². The average molecular weight is 384 g/mol. The smallest absolute Gasteiger partial charge is 0.0930 e. The number of para-hydroxylation sites is 1. The highest BCUT2D eigenvalue weighted by Crippen LogP contribution is 2.29. The van der Waals surface area contributed by atoms with Gasteiger partial charge in [0.05, 0.1) is 22.9 Å². The van der Waals surface area contributed by atoms with Gasteiger partial charge in [-0.1, -0.05) is 36.4 Å². The Morgan fingerprint density at radius 1 is 0.500 bits per heavy atom. The Bertz CT molecular complexity index is 1440. The molecule has 0 radical (unpaired) electrons. The summed E-state index contributed by atoms with van der Waals surface area (Å²) in [6.45, 7) is 0. The minimum atomic E-state index is 0.883. The molecule has 4 nitrogen and oxygen atoms in total. The van der Waals surface area contributed by atoms with Crippen LogP contribution in [0.5, 0.6) is 0 Å². The van der Waals surface area contributed by atoms with Gasteiger partial charge < -0.3 is 0 Å². The summed E-state index contributed by atoms with van der Waals surface area (Å²) in [6, 6.07) is 27.1. The van der Waals surface area contributed by atoms with Gasteiger partial charge in [0.15, 0.2) is 0 Å². The molecule has 0 unspecified atom stereocenters. The maximum atomic E-state index is 4.68. The second-order valence-electron chi connectivity index (χ2n) is 7.35. The lowest BCUT2D eigenvalue weighted by Crippen LogP contribution is -1.88. The quantitative estimate of drug-likeness (QED) is 0.364. The number of hydrogen-bond acceptors (Lipinski definition) is 4. The molecule has 0 saturated carbocycles. The molecule has 0 N–H and O–H groups in total. The first-order valence-electron chi connectivity index (χ1n) is 9.80. The Kier molecular flexibility index (Phi) is 3.74. The highest BCUT2D eigenvalue weighted by atomic mass is 15.1. The summed E-state index contributed by atoms with van der Waals surface area (Å²) in [6.07, 6.45) is 5.59. The van der Waals surface area contributed by atoms with Crippen molar-refractivity contribution in [3.63, 3.8) is 0 Å². The first-order valence-corrected chi connectivity index (χ1v) is 9.80. The fraction of sp³-hybridized carbons (Fsp3) is 0. The van der Waals surface area contributed by atoms with E-state index in [1.807, 2.05) is 48.8 Å². The Morgan fingerprint density at radius 2 is 1.33 bits per heavy atom. The molecule has 0 saturated heterocycles. The number of fused-ring (bicyclic) bond motifs is 3. The van der Waals surface area contributed by atoms with E-state index in [2.05, 4.69) is 62.6 Å². The van der Waals surface area contributed by atoms with Gasteiger partial charge in [0.2, 0.25) is 0 Å². The predicted octanol–water partition coefficient (Wildman–Crippen LogP) is 6.06. The topological polar surface area (TPSA) is 51.6 Å². The molecule has 30 heavy (non-hydrogen) atoms. The minimum absolute atomic E-state index is 0.883. The number of benzene rings is 3. The van der Waals surface area contributed by atoms with Crippen molar-refractivity contribution < 1.29 is 0 Å². The van der Waals surface area contributed by atoms with Gasteiger partial charge in [-0.05, 0) is 53.4 Å². The lowest BCUT2D eigenvalue weighted by molar-refractivity contribution is 1.08. The second-order valence-corrected chi connectivity index (χ2v) is 7.35. The molecular weight excluding hydrogens is 368 g/mol. The van der Waals surface area contributed by atoms with E-state index in [4.69, 9.17) is 0 Å². The molecule has 0 aliphatic heterocycles. The number of rotatable bonds is 2. The molecule has 6 rings (SSSR count). The fourth-order valence-corrected chi connectivity index (χ4v) is 3.85. The molecule has 0 atom stereocenters. The third-order valence-electron chi connectivity index (χ3n) is 5.46. The molecule has 3 aromatic heterocycles. The highest BCUT2D eigenvalue weighted by molar-refractivity contribution is 5.92. The van der Waals surface area contributed by atoms with Gasteiger partial charge >= 0.3 is 0 Å². The molecule has 0 aliphatic carbocycles. The van der Waals surface area contributed by atoms with Crippen molar-refractivity contribution in [3.05, 3.63) is 97.5 Å². The molecule has 0 aliphatic rings. The van der Waals surface area contributed by atoms with Gasteiger partial charge in [-0.15, -0.1) is 0 Å². The van der Waals surface area contributed by atoms with Gasteiger partial charge in [0, 0.05) is 39.7 Å². The first-order chi connectivity index (χ1) is 14.8. The van der Waals surface area contributed by atoms with Gasteiger partial charge in [-0.25, -0.2) is 0 Å². The SMILES string of the molecule is c1ccc2ncc(-c3ccc4cnc(-c5ccc6nnccc6c5)cc4c3)cc2c1. The Balaban J connectivity index is 1.46. The standard InChI is InChI=1S/C26H16N4/c1-2-4-24-18(3-1)13-23(16-27-24)17-5-6-21-15-28-26(14-22(21)11-17)19-7-8-25-20(12-19)9-10-29-30-25/h1-16H. The highest BCUT2D eigenvalue weighted by Gasteiger charge is 2.06. The normalized spacial score (nSPS) is 11.3. The van der Waals surface area contributed by atoms with Crippen LogP contribution in [-0.4, -0.2) is 20.2 Å². The molecule has 3 aromatic carbocycles. The zero-order chi connectivity index (χ0) is 19.9. The van der Waals surface area contributed by atoms with Crippen LogP contribution in [0.25, 0.3) is 55.0 Å². The third-order valence-corrected chi connectivity index (χ3v) is 5.46. The van der Waals surface area contributed by atoms with Crippen LogP contribution in [0, 0.1) is 0 Å². The Morgan fingerprint density at radius 3 is 2.33 bits per heavy atom. The maximum Gasteiger partial charge on any atom is 0.0930 e. The largest absolute Gasteiger partial charge is 0.256 e. The zero-order valence-corrected chi connectivity index (χ0v) is 16.0. The van der Waals surface area contributed by atoms with E-state index in [-0.39, 0.29) is 0 Å². The maximum absolute atomic E-state index is 4.68. The summed E-state index contributed by atoms with van der Waals surface area (Å²) in [5, 5.41) is 12.6. The van der Waals surface area contributed by atoms with Crippen LogP contribution in [0.4, 0.5) is 0 Å². The van der Waals surface area contributed by atoms with Gasteiger partial charge in [0.25, 0.3) is 0 Å². The van der Waals surface area contributed by atoms with Crippen molar-refractivity contribution in [2.45, 2.75) is 0 Å². The van der Waals surface area contributed by atoms with Crippen LogP contribution in [0.1, 0.15) is 0 Å². The summed E-state index contributed by atoms with van der Waals surface area (Å²) in [5.74, 6) is 0. The van der Waals surface area contributed by atoms with Crippen LogP contribution in [0.3, 0.4) is 0 Å². The third kappa shape index (κ3) is 2.86. The molecule has 3 heterocycles.